The molecular formula is C14H21NO. The largest absolute Gasteiger partial charge is 0.494 e. The minimum absolute atomic E-state index is 0.505. The number of nitrogens with one attached hydrogen (secondary N) is 1. The summed E-state index contributed by atoms with van der Waals surface area (Å²) in [5.41, 5.74) is 1.36. The summed E-state index contributed by atoms with van der Waals surface area (Å²) in [5, 5.41) is 3.55. The molecule has 1 N–H and O–H groups in total. The molecule has 88 valence electrons. The fourth-order valence-electron chi connectivity index (χ4n) is 2.30. The van der Waals surface area contributed by atoms with Crippen molar-refractivity contribution in [1.82, 2.24) is 5.32 Å². The van der Waals surface area contributed by atoms with Crippen LogP contribution in [-0.2, 0) is 0 Å². The van der Waals surface area contributed by atoms with Gasteiger partial charge >= 0.3 is 0 Å². The molecule has 0 radical (unpaired) electrons. The summed E-state index contributed by atoms with van der Waals surface area (Å²) in [7, 11) is 0. The Morgan fingerprint density at radius 1 is 1.44 bits per heavy atom. The van der Waals surface area contributed by atoms with Gasteiger partial charge in [0.2, 0.25) is 0 Å². The first-order valence-electron chi connectivity index (χ1n) is 6.27. The highest BCUT2D eigenvalue weighted by Gasteiger charge is 2.24. The van der Waals surface area contributed by atoms with Crippen molar-refractivity contribution in [1.29, 1.82) is 0 Å². The number of hydrogen-bond acceptors (Lipinski definition) is 2. The smallest absolute Gasteiger partial charge is 0.119 e. The molecule has 16 heavy (non-hydrogen) atoms. The molecular weight excluding hydrogens is 198 g/mol. The van der Waals surface area contributed by atoms with Gasteiger partial charge < -0.3 is 10.1 Å². The molecule has 0 saturated carbocycles. The molecule has 2 nitrogen and oxygen atoms in total. The van der Waals surface area contributed by atoms with Gasteiger partial charge in [-0.05, 0) is 43.0 Å². The molecule has 0 spiro atoms. The van der Waals surface area contributed by atoms with E-state index in [0.29, 0.717) is 6.04 Å². The van der Waals surface area contributed by atoms with E-state index in [2.05, 4.69) is 37.4 Å². The number of hydrogen-bond donors (Lipinski definition) is 1. The third kappa shape index (κ3) is 2.56. The fourth-order valence-corrected chi connectivity index (χ4v) is 2.30. The zero-order valence-corrected chi connectivity index (χ0v) is 10.2. The predicted octanol–water partition coefficient (Wildman–Crippen LogP) is 3.15. The molecule has 1 aromatic carbocycles. The lowest BCUT2D eigenvalue weighted by molar-refractivity contribution is 0.316. The van der Waals surface area contributed by atoms with E-state index >= 15 is 0 Å². The predicted molar refractivity (Wildman–Crippen MR) is 66.8 cm³/mol. The molecule has 0 aliphatic carbocycles. The van der Waals surface area contributed by atoms with Crippen molar-refractivity contribution >= 4 is 0 Å². The lowest BCUT2D eigenvalue weighted by Crippen LogP contribution is -2.16. The number of rotatable bonds is 4. The van der Waals surface area contributed by atoms with Crippen LogP contribution in [0.3, 0.4) is 0 Å². The van der Waals surface area contributed by atoms with E-state index in [4.69, 9.17) is 4.74 Å². The normalized spacial score (nSPS) is 24.6. The molecule has 1 saturated heterocycles. The fraction of sp³-hybridized carbons (Fsp3) is 0.571. The highest BCUT2D eigenvalue weighted by molar-refractivity contribution is 5.31. The number of benzene rings is 1. The van der Waals surface area contributed by atoms with E-state index in [1.54, 1.807) is 0 Å². The van der Waals surface area contributed by atoms with Crippen LogP contribution in [0.2, 0.25) is 0 Å². The van der Waals surface area contributed by atoms with Crippen molar-refractivity contribution < 1.29 is 4.74 Å². The Hall–Kier alpha value is -1.02. The maximum Gasteiger partial charge on any atom is 0.119 e. The van der Waals surface area contributed by atoms with E-state index in [1.807, 2.05) is 6.07 Å². The molecule has 1 aromatic rings. The van der Waals surface area contributed by atoms with E-state index in [-0.39, 0.29) is 0 Å². The second kappa shape index (κ2) is 5.35. The highest BCUT2D eigenvalue weighted by atomic mass is 16.5. The Bertz CT molecular complexity index is 337. The van der Waals surface area contributed by atoms with Crippen LogP contribution in [-0.4, -0.2) is 13.2 Å². The summed E-state index contributed by atoms with van der Waals surface area (Å²) >= 11 is 0. The Kier molecular flexibility index (Phi) is 3.83. The molecule has 2 atom stereocenters. The van der Waals surface area contributed by atoms with E-state index in [9.17, 15) is 0 Å². The van der Waals surface area contributed by atoms with Gasteiger partial charge in [-0.25, -0.2) is 0 Å². The van der Waals surface area contributed by atoms with Crippen molar-refractivity contribution in [2.45, 2.75) is 32.7 Å². The molecule has 0 amide bonds. The Morgan fingerprint density at radius 3 is 3.00 bits per heavy atom. The van der Waals surface area contributed by atoms with E-state index in [1.165, 1.54) is 12.0 Å². The molecule has 2 heteroatoms. The van der Waals surface area contributed by atoms with Crippen LogP contribution in [0.25, 0.3) is 0 Å². The molecule has 2 rings (SSSR count). The van der Waals surface area contributed by atoms with Crippen molar-refractivity contribution in [3.8, 4) is 5.75 Å². The van der Waals surface area contributed by atoms with Gasteiger partial charge in [0, 0.05) is 6.04 Å². The Balaban J connectivity index is 2.09. The van der Waals surface area contributed by atoms with Gasteiger partial charge in [0.15, 0.2) is 0 Å². The van der Waals surface area contributed by atoms with Crippen LogP contribution in [0.1, 0.15) is 38.3 Å². The summed E-state index contributed by atoms with van der Waals surface area (Å²) in [6, 6.07) is 9.00. The molecule has 1 fully saturated rings. The average molecular weight is 219 g/mol. The monoisotopic (exact) mass is 219 g/mol. The van der Waals surface area contributed by atoms with Crippen LogP contribution in [0.4, 0.5) is 0 Å². The highest BCUT2D eigenvalue weighted by Crippen LogP contribution is 2.30. The maximum absolute atomic E-state index is 5.66. The second-order valence-corrected chi connectivity index (χ2v) is 4.62. The zero-order valence-electron chi connectivity index (χ0n) is 10.2. The summed E-state index contributed by atoms with van der Waals surface area (Å²) in [6.07, 6.45) is 2.33. The summed E-state index contributed by atoms with van der Waals surface area (Å²) < 4.78 is 5.66. The minimum atomic E-state index is 0.505. The molecule has 1 aliphatic rings. The van der Waals surface area contributed by atoms with E-state index < -0.39 is 0 Å². The SMILES string of the molecule is CCCOc1cccc(C2NCCC2C)c1. The first kappa shape index (κ1) is 11.5. The van der Waals surface area contributed by atoms with Crippen LogP contribution in [0.5, 0.6) is 5.75 Å². The quantitative estimate of drug-likeness (QED) is 0.840. The van der Waals surface area contributed by atoms with Gasteiger partial charge in [0.05, 0.1) is 6.61 Å². The number of ether oxygens (including phenoxy) is 1. The van der Waals surface area contributed by atoms with Crippen molar-refractivity contribution in [3.63, 3.8) is 0 Å². The maximum atomic E-state index is 5.66. The Labute approximate surface area is 98.0 Å². The second-order valence-electron chi connectivity index (χ2n) is 4.62. The minimum Gasteiger partial charge on any atom is -0.494 e. The van der Waals surface area contributed by atoms with E-state index in [0.717, 1.165) is 31.2 Å². The van der Waals surface area contributed by atoms with Gasteiger partial charge in [0.25, 0.3) is 0 Å². The van der Waals surface area contributed by atoms with Crippen LogP contribution in [0.15, 0.2) is 24.3 Å². The van der Waals surface area contributed by atoms with Crippen molar-refractivity contribution in [3.05, 3.63) is 29.8 Å². The molecule has 1 aliphatic heterocycles. The third-order valence-electron chi connectivity index (χ3n) is 3.22. The van der Waals surface area contributed by atoms with Crippen molar-refractivity contribution in [2.24, 2.45) is 5.92 Å². The lowest BCUT2D eigenvalue weighted by atomic mass is 9.96. The molecule has 1 heterocycles. The first-order chi connectivity index (χ1) is 7.81. The standard InChI is InChI=1S/C14H21NO/c1-3-9-16-13-6-4-5-12(10-13)14-11(2)7-8-15-14/h4-6,10-11,14-15H,3,7-9H2,1-2H3. The summed E-state index contributed by atoms with van der Waals surface area (Å²) in [6.45, 7) is 6.37. The Morgan fingerprint density at radius 2 is 2.31 bits per heavy atom. The third-order valence-corrected chi connectivity index (χ3v) is 3.22. The summed E-state index contributed by atoms with van der Waals surface area (Å²) in [5.74, 6) is 1.72. The van der Waals surface area contributed by atoms with Crippen LogP contribution >= 0.6 is 0 Å². The van der Waals surface area contributed by atoms with Gasteiger partial charge in [-0.1, -0.05) is 26.0 Å². The lowest BCUT2D eigenvalue weighted by Gasteiger charge is -2.17. The zero-order chi connectivity index (χ0) is 11.4. The van der Waals surface area contributed by atoms with Crippen molar-refractivity contribution in [2.75, 3.05) is 13.2 Å². The van der Waals surface area contributed by atoms with Crippen LogP contribution < -0.4 is 10.1 Å². The topological polar surface area (TPSA) is 21.3 Å². The van der Waals surface area contributed by atoms with Gasteiger partial charge in [0.1, 0.15) is 5.75 Å². The van der Waals surface area contributed by atoms with Crippen LogP contribution in [0, 0.1) is 5.92 Å². The molecule has 0 aromatic heterocycles. The summed E-state index contributed by atoms with van der Waals surface area (Å²) in [4.78, 5) is 0. The van der Waals surface area contributed by atoms with Gasteiger partial charge in [-0.2, -0.15) is 0 Å². The molecule has 0 bridgehead atoms. The first-order valence-corrected chi connectivity index (χ1v) is 6.27. The molecule has 2 unspecified atom stereocenters. The van der Waals surface area contributed by atoms with Gasteiger partial charge in [-0.15, -0.1) is 0 Å². The average Bonchev–Trinajstić information content (AvgIpc) is 2.73. The van der Waals surface area contributed by atoms with Gasteiger partial charge in [-0.3, -0.25) is 0 Å².